The van der Waals surface area contributed by atoms with Crippen LogP contribution in [-0.4, -0.2) is 29.8 Å². The third kappa shape index (κ3) is 4.27. The summed E-state index contributed by atoms with van der Waals surface area (Å²) in [7, 11) is 1.94. The van der Waals surface area contributed by atoms with Crippen molar-refractivity contribution in [3.05, 3.63) is 30.1 Å². The van der Waals surface area contributed by atoms with Gasteiger partial charge in [0.25, 0.3) is 0 Å². The number of hydrogen-bond donors (Lipinski definition) is 3. The lowest BCUT2D eigenvalue weighted by molar-refractivity contribution is -0.107. The number of nitrogens with one attached hydrogen (secondary N) is 2. The van der Waals surface area contributed by atoms with E-state index in [1.165, 1.54) is 10.9 Å². The molecule has 5 heteroatoms. The standard InChI is InChI=1S/C9H11N3.C4H9NO/c1-10-6-7-2-4-11-9-8(7)3-5-12-9;5-3-1-2-4-6/h2-5,10H,6H2,1H3,(H,11,12);4H,1-3,5H2. The topological polar surface area (TPSA) is 83.8 Å². The first-order valence-corrected chi connectivity index (χ1v) is 6.02. The smallest absolute Gasteiger partial charge is 0.137 e. The van der Waals surface area contributed by atoms with Crippen molar-refractivity contribution in [1.29, 1.82) is 0 Å². The largest absolute Gasteiger partial charge is 0.346 e. The maximum absolute atomic E-state index is 9.51. The molecule has 2 aromatic heterocycles. The molecule has 0 radical (unpaired) electrons. The Morgan fingerprint density at radius 1 is 1.50 bits per heavy atom. The molecule has 2 aromatic rings. The molecule has 0 spiro atoms. The molecule has 5 nitrogen and oxygen atoms in total. The molecular weight excluding hydrogens is 228 g/mol. The van der Waals surface area contributed by atoms with Crippen molar-refractivity contribution in [2.24, 2.45) is 5.73 Å². The summed E-state index contributed by atoms with van der Waals surface area (Å²) in [6, 6.07) is 4.08. The second-order valence-electron chi connectivity index (χ2n) is 3.84. The van der Waals surface area contributed by atoms with E-state index < -0.39 is 0 Å². The molecule has 2 heterocycles. The Morgan fingerprint density at radius 3 is 2.94 bits per heavy atom. The number of nitrogens with two attached hydrogens (primary N) is 1. The molecule has 0 saturated heterocycles. The molecule has 0 unspecified atom stereocenters. The lowest BCUT2D eigenvalue weighted by Gasteiger charge is -2.00. The van der Waals surface area contributed by atoms with Gasteiger partial charge in [0.05, 0.1) is 0 Å². The number of rotatable bonds is 5. The van der Waals surface area contributed by atoms with Gasteiger partial charge in [-0.1, -0.05) is 0 Å². The molecule has 0 atom stereocenters. The van der Waals surface area contributed by atoms with Crippen LogP contribution in [0.25, 0.3) is 11.0 Å². The van der Waals surface area contributed by atoms with Crippen LogP contribution in [0.3, 0.4) is 0 Å². The highest BCUT2D eigenvalue weighted by atomic mass is 16.1. The first kappa shape index (κ1) is 14.3. The Balaban J connectivity index is 0.000000232. The minimum absolute atomic E-state index is 0.608. The van der Waals surface area contributed by atoms with Crippen LogP contribution in [-0.2, 0) is 11.3 Å². The Hall–Kier alpha value is -1.72. The fourth-order valence-electron chi connectivity index (χ4n) is 1.56. The molecule has 98 valence electrons. The monoisotopic (exact) mass is 248 g/mol. The van der Waals surface area contributed by atoms with Crippen molar-refractivity contribution in [2.45, 2.75) is 19.4 Å². The van der Waals surface area contributed by atoms with Crippen molar-refractivity contribution < 1.29 is 4.79 Å². The first-order chi connectivity index (χ1) is 8.83. The second-order valence-corrected chi connectivity index (χ2v) is 3.84. The van der Waals surface area contributed by atoms with Gasteiger partial charge in [0, 0.05) is 30.7 Å². The van der Waals surface area contributed by atoms with Crippen molar-refractivity contribution in [1.82, 2.24) is 15.3 Å². The van der Waals surface area contributed by atoms with Gasteiger partial charge in [-0.25, -0.2) is 4.98 Å². The van der Waals surface area contributed by atoms with Crippen molar-refractivity contribution in [3.63, 3.8) is 0 Å². The number of H-pyrrole nitrogens is 1. The first-order valence-electron chi connectivity index (χ1n) is 6.02. The van der Waals surface area contributed by atoms with Crippen LogP contribution in [0.5, 0.6) is 0 Å². The summed E-state index contributed by atoms with van der Waals surface area (Å²) in [4.78, 5) is 16.8. The van der Waals surface area contributed by atoms with E-state index in [1.807, 2.05) is 25.5 Å². The van der Waals surface area contributed by atoms with Gasteiger partial charge in [-0.3, -0.25) is 0 Å². The highest BCUT2D eigenvalue weighted by Crippen LogP contribution is 2.14. The Labute approximate surface area is 107 Å². The molecule has 0 bridgehead atoms. The van der Waals surface area contributed by atoms with E-state index in [1.54, 1.807) is 0 Å². The third-order valence-electron chi connectivity index (χ3n) is 2.44. The summed E-state index contributed by atoms with van der Waals surface area (Å²) in [5.41, 5.74) is 7.30. The van der Waals surface area contributed by atoms with E-state index in [4.69, 9.17) is 5.73 Å². The molecule has 0 aromatic carbocycles. The number of carbonyl (C=O) groups is 1. The van der Waals surface area contributed by atoms with Gasteiger partial charge in [-0.2, -0.15) is 0 Å². The lowest BCUT2D eigenvalue weighted by Crippen LogP contribution is -2.05. The summed E-state index contributed by atoms with van der Waals surface area (Å²) in [5.74, 6) is 0. The van der Waals surface area contributed by atoms with Gasteiger partial charge < -0.3 is 20.8 Å². The minimum Gasteiger partial charge on any atom is -0.346 e. The molecule has 0 fully saturated rings. The average Bonchev–Trinajstić information content (AvgIpc) is 2.87. The van der Waals surface area contributed by atoms with Crippen LogP contribution >= 0.6 is 0 Å². The molecular formula is C13H20N4O. The van der Waals surface area contributed by atoms with Gasteiger partial charge in [0.15, 0.2) is 0 Å². The fourth-order valence-corrected chi connectivity index (χ4v) is 1.56. The number of fused-ring (bicyclic) bond motifs is 1. The van der Waals surface area contributed by atoms with Crippen LogP contribution in [0.1, 0.15) is 18.4 Å². The van der Waals surface area contributed by atoms with Crippen LogP contribution in [0.2, 0.25) is 0 Å². The highest BCUT2D eigenvalue weighted by Gasteiger charge is 1.99. The van der Waals surface area contributed by atoms with E-state index in [9.17, 15) is 4.79 Å². The number of aromatic nitrogens is 2. The molecule has 0 aliphatic rings. The molecule has 0 aliphatic heterocycles. The average molecular weight is 248 g/mol. The summed E-state index contributed by atoms with van der Waals surface area (Å²) in [6.07, 6.45) is 6.05. The van der Waals surface area contributed by atoms with Gasteiger partial charge in [0.2, 0.25) is 0 Å². The zero-order valence-corrected chi connectivity index (χ0v) is 10.6. The Morgan fingerprint density at radius 2 is 2.33 bits per heavy atom. The summed E-state index contributed by atoms with van der Waals surface area (Å²) >= 11 is 0. The number of nitrogens with zero attached hydrogens (tertiary/aromatic N) is 1. The SMILES string of the molecule is CNCc1ccnc2[nH]ccc12.NCCCC=O. The van der Waals surface area contributed by atoms with Gasteiger partial charge in [-0.15, -0.1) is 0 Å². The number of pyridine rings is 1. The molecule has 0 amide bonds. The number of hydrogen-bond acceptors (Lipinski definition) is 4. The van der Waals surface area contributed by atoms with Gasteiger partial charge in [-0.05, 0) is 37.7 Å². The number of unbranched alkanes of at least 4 members (excludes halogenated alkanes) is 1. The lowest BCUT2D eigenvalue weighted by atomic mass is 10.2. The van der Waals surface area contributed by atoms with E-state index >= 15 is 0 Å². The third-order valence-corrected chi connectivity index (χ3v) is 2.44. The highest BCUT2D eigenvalue weighted by molar-refractivity contribution is 5.78. The summed E-state index contributed by atoms with van der Waals surface area (Å²) < 4.78 is 0. The van der Waals surface area contributed by atoms with Crippen molar-refractivity contribution in [2.75, 3.05) is 13.6 Å². The van der Waals surface area contributed by atoms with E-state index in [2.05, 4.69) is 21.4 Å². The van der Waals surface area contributed by atoms with Crippen LogP contribution in [0.15, 0.2) is 24.5 Å². The maximum Gasteiger partial charge on any atom is 0.137 e. The zero-order valence-electron chi connectivity index (χ0n) is 10.6. The predicted octanol–water partition coefficient (Wildman–Crippen LogP) is 1.21. The van der Waals surface area contributed by atoms with E-state index in [0.29, 0.717) is 13.0 Å². The van der Waals surface area contributed by atoms with Crippen molar-refractivity contribution in [3.8, 4) is 0 Å². The van der Waals surface area contributed by atoms with E-state index in [0.717, 1.165) is 24.9 Å². The minimum atomic E-state index is 0.608. The molecule has 4 N–H and O–H groups in total. The fraction of sp³-hybridized carbons (Fsp3) is 0.385. The summed E-state index contributed by atoms with van der Waals surface area (Å²) in [6.45, 7) is 1.51. The van der Waals surface area contributed by atoms with E-state index in [-0.39, 0.29) is 0 Å². The molecule has 2 rings (SSSR count). The van der Waals surface area contributed by atoms with Crippen LogP contribution in [0, 0.1) is 0 Å². The zero-order chi connectivity index (χ0) is 13.2. The maximum atomic E-state index is 9.51. The quantitative estimate of drug-likeness (QED) is 0.548. The van der Waals surface area contributed by atoms with Gasteiger partial charge >= 0.3 is 0 Å². The van der Waals surface area contributed by atoms with Crippen LogP contribution in [0.4, 0.5) is 0 Å². The molecule has 0 saturated carbocycles. The van der Waals surface area contributed by atoms with Crippen LogP contribution < -0.4 is 11.1 Å². The number of carbonyl (C=O) groups excluding carboxylic acids is 1. The van der Waals surface area contributed by atoms with Gasteiger partial charge in [0.1, 0.15) is 11.9 Å². The molecule has 0 aliphatic carbocycles. The predicted molar refractivity (Wildman–Crippen MR) is 73.2 cm³/mol. The molecule has 18 heavy (non-hydrogen) atoms. The Kier molecular flexibility index (Phi) is 6.68. The summed E-state index contributed by atoms with van der Waals surface area (Å²) in [5, 5.41) is 4.33. The normalized spacial score (nSPS) is 9.89. The second kappa shape index (κ2) is 8.38. The number of aldehydes is 1. The van der Waals surface area contributed by atoms with Crippen molar-refractivity contribution >= 4 is 17.3 Å². The number of aromatic amines is 1. The Bertz CT molecular complexity index is 467.